The Labute approximate surface area is 112 Å². The van der Waals surface area contributed by atoms with Crippen LogP contribution in [0.5, 0.6) is 0 Å². The molecule has 0 saturated heterocycles. The molecule has 0 bridgehead atoms. The second-order valence-electron chi connectivity index (χ2n) is 3.65. The van der Waals surface area contributed by atoms with E-state index in [2.05, 4.69) is 16.8 Å². The molecule has 0 fully saturated rings. The molecule has 1 rings (SSSR count). The molecule has 4 heteroatoms. The van der Waals surface area contributed by atoms with E-state index in [1.165, 1.54) is 11.8 Å². The minimum absolute atomic E-state index is 0.0678. The van der Waals surface area contributed by atoms with Crippen LogP contribution in [0.15, 0.2) is 29.3 Å². The van der Waals surface area contributed by atoms with Crippen molar-refractivity contribution < 1.29 is 4.79 Å². The zero-order valence-electron chi connectivity index (χ0n) is 10.6. The molecule has 0 radical (unpaired) electrons. The number of benzene rings is 1. The highest BCUT2D eigenvalue weighted by atomic mass is 32.2. The van der Waals surface area contributed by atoms with Crippen LogP contribution in [0.25, 0.3) is 0 Å². The Balaban J connectivity index is 2.72. The van der Waals surface area contributed by atoms with E-state index in [1.807, 2.05) is 30.5 Å². The van der Waals surface area contributed by atoms with Crippen LogP contribution in [-0.2, 0) is 17.8 Å². The summed E-state index contributed by atoms with van der Waals surface area (Å²) in [5.41, 5.74) is 7.62. The van der Waals surface area contributed by atoms with Gasteiger partial charge in [0.2, 0.25) is 5.78 Å². The van der Waals surface area contributed by atoms with E-state index < -0.39 is 0 Å². The van der Waals surface area contributed by atoms with Gasteiger partial charge < -0.3 is 5.73 Å². The van der Waals surface area contributed by atoms with Crippen LogP contribution in [0.4, 0.5) is 0 Å². The number of amidine groups is 1. The summed E-state index contributed by atoms with van der Waals surface area (Å²) in [4.78, 5) is 15.6. The molecule has 0 aliphatic heterocycles. The van der Waals surface area contributed by atoms with Gasteiger partial charge >= 0.3 is 0 Å². The molecule has 0 atom stereocenters. The van der Waals surface area contributed by atoms with Crippen molar-refractivity contribution in [2.24, 2.45) is 10.7 Å². The van der Waals surface area contributed by atoms with Crippen molar-refractivity contribution in [3.8, 4) is 11.8 Å². The third-order valence-electron chi connectivity index (χ3n) is 2.25. The Kier molecular flexibility index (Phi) is 6.03. The Morgan fingerprint density at radius 2 is 2.17 bits per heavy atom. The fourth-order valence-electron chi connectivity index (χ4n) is 1.44. The minimum atomic E-state index is -0.0678. The van der Waals surface area contributed by atoms with Gasteiger partial charge in [-0.1, -0.05) is 41.9 Å². The zero-order valence-corrected chi connectivity index (χ0v) is 11.4. The highest BCUT2D eigenvalue weighted by Gasteiger charge is 2.01. The predicted molar refractivity (Wildman–Crippen MR) is 77.4 cm³/mol. The van der Waals surface area contributed by atoms with E-state index in [4.69, 9.17) is 5.73 Å². The third kappa shape index (κ3) is 5.07. The van der Waals surface area contributed by atoms with E-state index in [0.717, 1.165) is 11.1 Å². The quantitative estimate of drug-likeness (QED) is 0.390. The highest BCUT2D eigenvalue weighted by molar-refractivity contribution is 8.13. The number of nitrogens with two attached hydrogens (primary N) is 1. The summed E-state index contributed by atoms with van der Waals surface area (Å²) in [6.45, 7) is 2.20. The van der Waals surface area contributed by atoms with E-state index >= 15 is 0 Å². The van der Waals surface area contributed by atoms with Crippen molar-refractivity contribution in [3.05, 3.63) is 35.4 Å². The van der Waals surface area contributed by atoms with Crippen molar-refractivity contribution in [1.29, 1.82) is 0 Å². The van der Waals surface area contributed by atoms with Crippen LogP contribution in [0.1, 0.15) is 18.1 Å². The SMILES string of the molecule is CC#CC(=O)Cc1cccc(CN=C(N)SC)c1. The summed E-state index contributed by atoms with van der Waals surface area (Å²) >= 11 is 1.42. The normalized spacial score (nSPS) is 10.7. The third-order valence-corrected chi connectivity index (χ3v) is 2.79. The van der Waals surface area contributed by atoms with E-state index in [-0.39, 0.29) is 5.78 Å². The summed E-state index contributed by atoms with van der Waals surface area (Å²) in [5, 5.41) is 0.563. The molecule has 0 aromatic heterocycles. The molecule has 2 N–H and O–H groups in total. The van der Waals surface area contributed by atoms with Crippen LogP contribution in [-0.4, -0.2) is 17.2 Å². The summed E-state index contributed by atoms with van der Waals surface area (Å²) < 4.78 is 0. The first-order valence-corrected chi connectivity index (χ1v) is 6.75. The number of aliphatic imine (C=N–C) groups is 1. The molecule has 18 heavy (non-hydrogen) atoms. The van der Waals surface area contributed by atoms with Gasteiger partial charge in [-0.25, -0.2) is 0 Å². The number of ketones is 1. The number of hydrogen-bond donors (Lipinski definition) is 1. The first-order chi connectivity index (χ1) is 8.65. The molecule has 3 nitrogen and oxygen atoms in total. The molecule has 1 aromatic carbocycles. The van der Waals surface area contributed by atoms with Gasteiger partial charge in [0.1, 0.15) is 0 Å². The lowest BCUT2D eigenvalue weighted by Crippen LogP contribution is -2.06. The molecular weight excluding hydrogens is 244 g/mol. The standard InChI is InChI=1S/C14H16N2OS/c1-3-5-13(17)9-11-6-4-7-12(8-11)10-16-14(15)18-2/h4,6-8H,9-10H2,1-2H3,(H2,15,16). The summed E-state index contributed by atoms with van der Waals surface area (Å²) in [5.74, 6) is 5.07. The fraction of sp³-hybridized carbons (Fsp3) is 0.286. The number of Topliss-reactive ketones (excluding diaryl/α,β-unsaturated/α-hetero) is 1. The van der Waals surface area contributed by atoms with Gasteiger partial charge in [-0.3, -0.25) is 9.79 Å². The maximum atomic E-state index is 11.4. The van der Waals surface area contributed by atoms with Crippen LogP contribution in [0.3, 0.4) is 0 Å². The summed E-state index contributed by atoms with van der Waals surface area (Å²) in [7, 11) is 0. The lowest BCUT2D eigenvalue weighted by Gasteiger charge is -2.02. The maximum absolute atomic E-state index is 11.4. The van der Waals surface area contributed by atoms with E-state index in [0.29, 0.717) is 18.1 Å². The van der Waals surface area contributed by atoms with Gasteiger partial charge in [-0.05, 0) is 30.2 Å². The number of thioether (sulfide) groups is 1. The number of hydrogen-bond acceptors (Lipinski definition) is 3. The van der Waals surface area contributed by atoms with Crippen LogP contribution >= 0.6 is 11.8 Å². The van der Waals surface area contributed by atoms with Crippen LogP contribution < -0.4 is 5.73 Å². The number of rotatable bonds is 4. The Morgan fingerprint density at radius 1 is 1.44 bits per heavy atom. The first-order valence-electron chi connectivity index (χ1n) is 5.53. The molecule has 94 valence electrons. The molecule has 0 amide bonds. The first kappa shape index (κ1) is 14.3. The number of carbonyl (C=O) groups excluding carboxylic acids is 1. The van der Waals surface area contributed by atoms with Crippen molar-refractivity contribution >= 4 is 22.7 Å². The average Bonchev–Trinajstić information content (AvgIpc) is 2.36. The molecule has 1 aromatic rings. The van der Waals surface area contributed by atoms with Gasteiger partial charge in [-0.2, -0.15) is 0 Å². The lowest BCUT2D eigenvalue weighted by atomic mass is 10.1. The Morgan fingerprint density at radius 3 is 2.83 bits per heavy atom. The van der Waals surface area contributed by atoms with E-state index in [1.54, 1.807) is 6.92 Å². The van der Waals surface area contributed by atoms with Crippen molar-refractivity contribution in [2.45, 2.75) is 19.9 Å². The van der Waals surface area contributed by atoms with Crippen molar-refractivity contribution in [3.63, 3.8) is 0 Å². The summed E-state index contributed by atoms with van der Waals surface area (Å²) in [6.07, 6.45) is 2.23. The predicted octanol–water partition coefficient (Wildman–Crippen LogP) is 2.00. The molecule has 0 spiro atoms. The van der Waals surface area contributed by atoms with Gasteiger partial charge in [0.25, 0.3) is 0 Å². The second-order valence-corrected chi connectivity index (χ2v) is 4.48. The summed E-state index contributed by atoms with van der Waals surface area (Å²) in [6, 6.07) is 7.77. The van der Waals surface area contributed by atoms with Gasteiger partial charge in [-0.15, -0.1) is 0 Å². The lowest BCUT2D eigenvalue weighted by molar-refractivity contribution is -0.113. The zero-order chi connectivity index (χ0) is 13.4. The van der Waals surface area contributed by atoms with Crippen molar-refractivity contribution in [1.82, 2.24) is 0 Å². The van der Waals surface area contributed by atoms with Crippen LogP contribution in [0, 0.1) is 11.8 Å². The molecule has 0 unspecified atom stereocenters. The second kappa shape index (κ2) is 7.57. The fourth-order valence-corrected chi connectivity index (χ4v) is 1.63. The largest absolute Gasteiger partial charge is 0.379 e. The monoisotopic (exact) mass is 260 g/mol. The molecule has 0 heterocycles. The smallest absolute Gasteiger partial charge is 0.209 e. The molecular formula is C14H16N2OS. The van der Waals surface area contributed by atoms with E-state index in [9.17, 15) is 4.79 Å². The Bertz CT molecular complexity index is 512. The number of nitrogens with zero attached hydrogens (tertiary/aromatic N) is 1. The van der Waals surface area contributed by atoms with Gasteiger partial charge in [0.15, 0.2) is 5.17 Å². The highest BCUT2D eigenvalue weighted by Crippen LogP contribution is 2.08. The maximum Gasteiger partial charge on any atom is 0.209 e. The average molecular weight is 260 g/mol. The minimum Gasteiger partial charge on any atom is -0.379 e. The Hall–Kier alpha value is -1.73. The van der Waals surface area contributed by atoms with Gasteiger partial charge in [0.05, 0.1) is 6.54 Å². The van der Waals surface area contributed by atoms with Gasteiger partial charge in [0, 0.05) is 6.42 Å². The molecule has 0 aliphatic rings. The number of carbonyl (C=O) groups is 1. The van der Waals surface area contributed by atoms with Crippen molar-refractivity contribution in [2.75, 3.05) is 6.26 Å². The topological polar surface area (TPSA) is 55.5 Å². The molecule has 0 aliphatic carbocycles. The molecule has 0 saturated carbocycles. The van der Waals surface area contributed by atoms with Crippen LogP contribution in [0.2, 0.25) is 0 Å².